The molecule has 1 aromatic carbocycles. The predicted molar refractivity (Wildman–Crippen MR) is 101 cm³/mol. The molecule has 1 saturated heterocycles. The molecule has 0 aliphatic carbocycles. The Hall–Kier alpha value is -2.60. The zero-order valence-corrected chi connectivity index (χ0v) is 16.0. The van der Waals surface area contributed by atoms with E-state index in [0.29, 0.717) is 23.0 Å². The number of aryl methyl sites for hydroxylation is 2. The van der Waals surface area contributed by atoms with Gasteiger partial charge in [0.05, 0.1) is 11.7 Å². The summed E-state index contributed by atoms with van der Waals surface area (Å²) in [5.74, 6) is 1.25. The molecule has 3 aromatic rings. The molecule has 0 saturated carbocycles. The highest BCUT2D eigenvalue weighted by molar-refractivity contribution is 6.30. The van der Waals surface area contributed by atoms with E-state index in [1.807, 2.05) is 30.9 Å². The van der Waals surface area contributed by atoms with Crippen LogP contribution < -0.4 is 0 Å². The number of hydrogen-bond donors (Lipinski definition) is 0. The van der Waals surface area contributed by atoms with Gasteiger partial charge >= 0.3 is 0 Å². The molecule has 7 heteroatoms. The van der Waals surface area contributed by atoms with Crippen molar-refractivity contribution in [1.29, 1.82) is 0 Å². The van der Waals surface area contributed by atoms with Crippen molar-refractivity contribution in [2.75, 3.05) is 6.54 Å². The van der Waals surface area contributed by atoms with Crippen LogP contribution in [0.5, 0.6) is 0 Å². The van der Waals surface area contributed by atoms with Gasteiger partial charge in [0, 0.05) is 35.2 Å². The fraction of sp³-hybridized carbons (Fsp3) is 0.350. The average Bonchev–Trinajstić information content (AvgIpc) is 3.40. The third kappa shape index (κ3) is 3.25. The lowest BCUT2D eigenvalue weighted by Gasteiger charge is -2.24. The van der Waals surface area contributed by atoms with E-state index in [9.17, 15) is 4.79 Å². The molecule has 1 fully saturated rings. The van der Waals surface area contributed by atoms with Crippen molar-refractivity contribution < 1.29 is 13.8 Å². The minimum atomic E-state index is -0.135. The van der Waals surface area contributed by atoms with E-state index in [4.69, 9.17) is 20.6 Å². The van der Waals surface area contributed by atoms with Gasteiger partial charge in [-0.1, -0.05) is 28.8 Å². The summed E-state index contributed by atoms with van der Waals surface area (Å²) in [4.78, 5) is 14.9. The SMILES string of the molecule is CCc1onc(C)c1[C@@H]1CCCN1C(=O)c1cc(-c2ccc(Cl)cc2)on1. The Kier molecular flexibility index (Phi) is 4.74. The van der Waals surface area contributed by atoms with Gasteiger partial charge in [0.15, 0.2) is 11.5 Å². The summed E-state index contributed by atoms with van der Waals surface area (Å²) in [5, 5.41) is 8.74. The molecule has 6 nitrogen and oxygen atoms in total. The van der Waals surface area contributed by atoms with Crippen LogP contribution in [-0.2, 0) is 6.42 Å². The highest BCUT2D eigenvalue weighted by Gasteiger charge is 2.35. The molecule has 0 spiro atoms. The number of likely N-dealkylation sites (tertiary alicyclic amines) is 1. The second kappa shape index (κ2) is 7.19. The molecule has 140 valence electrons. The van der Waals surface area contributed by atoms with Crippen molar-refractivity contribution in [3.63, 3.8) is 0 Å². The highest BCUT2D eigenvalue weighted by atomic mass is 35.5. The minimum Gasteiger partial charge on any atom is -0.361 e. The van der Waals surface area contributed by atoms with E-state index in [-0.39, 0.29) is 11.9 Å². The summed E-state index contributed by atoms with van der Waals surface area (Å²) in [5.41, 5.74) is 3.01. The number of carbonyl (C=O) groups excluding carboxylic acids is 1. The van der Waals surface area contributed by atoms with E-state index < -0.39 is 0 Å². The predicted octanol–water partition coefficient (Wildman–Crippen LogP) is 4.83. The first-order valence-electron chi connectivity index (χ1n) is 9.07. The van der Waals surface area contributed by atoms with Gasteiger partial charge in [0.2, 0.25) is 0 Å². The lowest BCUT2D eigenvalue weighted by atomic mass is 10.0. The zero-order valence-electron chi connectivity index (χ0n) is 15.2. The quantitative estimate of drug-likeness (QED) is 0.643. The highest BCUT2D eigenvalue weighted by Crippen LogP contribution is 2.37. The summed E-state index contributed by atoms with van der Waals surface area (Å²) in [6.45, 7) is 4.63. The Balaban J connectivity index is 1.60. The van der Waals surface area contributed by atoms with Gasteiger partial charge in [-0.15, -0.1) is 0 Å². The lowest BCUT2D eigenvalue weighted by Crippen LogP contribution is -2.31. The molecule has 3 heterocycles. The standard InChI is InChI=1S/C20H20ClN3O3/c1-3-17-19(12(2)22-26-17)16-5-4-10-24(16)20(25)15-11-18(27-23-15)13-6-8-14(21)9-7-13/h6-9,11,16H,3-5,10H2,1-2H3/t16-/m0/s1. The lowest BCUT2D eigenvalue weighted by molar-refractivity contribution is 0.0724. The Morgan fingerprint density at radius 2 is 2.04 bits per heavy atom. The molecular formula is C20H20ClN3O3. The normalized spacial score (nSPS) is 16.9. The summed E-state index contributed by atoms with van der Waals surface area (Å²) >= 11 is 5.92. The van der Waals surface area contributed by atoms with Crippen LogP contribution in [0.1, 0.15) is 53.3 Å². The van der Waals surface area contributed by atoms with Crippen molar-refractivity contribution >= 4 is 17.5 Å². The number of rotatable bonds is 4. The van der Waals surface area contributed by atoms with Crippen molar-refractivity contribution in [1.82, 2.24) is 15.2 Å². The Morgan fingerprint density at radius 3 is 2.78 bits per heavy atom. The first kappa shape index (κ1) is 17.8. The molecule has 0 N–H and O–H groups in total. The first-order valence-corrected chi connectivity index (χ1v) is 9.45. The summed E-state index contributed by atoms with van der Waals surface area (Å²) in [7, 11) is 0. The maximum atomic E-state index is 13.1. The second-order valence-electron chi connectivity index (χ2n) is 6.70. The van der Waals surface area contributed by atoms with E-state index in [1.54, 1.807) is 18.2 Å². The third-order valence-electron chi connectivity index (χ3n) is 5.01. The van der Waals surface area contributed by atoms with Gasteiger partial charge in [-0.3, -0.25) is 4.79 Å². The molecule has 2 aromatic heterocycles. The largest absolute Gasteiger partial charge is 0.361 e. The smallest absolute Gasteiger partial charge is 0.276 e. The molecule has 1 atom stereocenters. The molecular weight excluding hydrogens is 366 g/mol. The summed E-state index contributed by atoms with van der Waals surface area (Å²) < 4.78 is 10.8. The van der Waals surface area contributed by atoms with Gasteiger partial charge in [0.1, 0.15) is 5.76 Å². The van der Waals surface area contributed by atoms with Crippen LogP contribution in [0.25, 0.3) is 11.3 Å². The number of halogens is 1. The maximum Gasteiger partial charge on any atom is 0.276 e. The van der Waals surface area contributed by atoms with Crippen molar-refractivity contribution in [3.05, 3.63) is 58.1 Å². The zero-order chi connectivity index (χ0) is 19.0. The number of benzene rings is 1. The van der Waals surface area contributed by atoms with E-state index in [0.717, 1.165) is 41.8 Å². The van der Waals surface area contributed by atoms with Crippen LogP contribution in [0.15, 0.2) is 39.4 Å². The number of carbonyl (C=O) groups is 1. The number of hydrogen-bond acceptors (Lipinski definition) is 5. The molecule has 1 aliphatic rings. The van der Waals surface area contributed by atoms with Crippen molar-refractivity contribution in [3.8, 4) is 11.3 Å². The summed E-state index contributed by atoms with van der Waals surface area (Å²) in [6, 6.07) is 8.88. The number of aromatic nitrogens is 2. The Morgan fingerprint density at radius 1 is 1.26 bits per heavy atom. The molecule has 0 bridgehead atoms. The van der Waals surface area contributed by atoms with Gasteiger partial charge in [-0.2, -0.15) is 0 Å². The Bertz CT molecular complexity index is 961. The van der Waals surface area contributed by atoms with E-state index in [1.165, 1.54) is 0 Å². The fourth-order valence-electron chi connectivity index (χ4n) is 3.69. The molecule has 0 radical (unpaired) electrons. The van der Waals surface area contributed by atoms with Crippen LogP contribution in [-0.4, -0.2) is 27.7 Å². The third-order valence-corrected chi connectivity index (χ3v) is 5.26. The molecule has 4 rings (SSSR count). The van der Waals surface area contributed by atoms with E-state index >= 15 is 0 Å². The fourth-order valence-corrected chi connectivity index (χ4v) is 3.81. The molecule has 0 unspecified atom stereocenters. The molecule has 27 heavy (non-hydrogen) atoms. The van der Waals surface area contributed by atoms with Crippen LogP contribution in [0, 0.1) is 6.92 Å². The monoisotopic (exact) mass is 385 g/mol. The van der Waals surface area contributed by atoms with Crippen molar-refractivity contribution in [2.45, 2.75) is 39.2 Å². The van der Waals surface area contributed by atoms with Gasteiger partial charge < -0.3 is 13.9 Å². The Labute approximate surface area is 162 Å². The maximum absolute atomic E-state index is 13.1. The molecule has 1 amide bonds. The van der Waals surface area contributed by atoms with E-state index in [2.05, 4.69) is 10.3 Å². The first-order chi connectivity index (χ1) is 13.1. The van der Waals surface area contributed by atoms with Crippen LogP contribution in [0.2, 0.25) is 5.02 Å². The minimum absolute atomic E-state index is 0.0330. The molecule has 1 aliphatic heterocycles. The average molecular weight is 386 g/mol. The van der Waals surface area contributed by atoms with Crippen LogP contribution >= 0.6 is 11.6 Å². The topological polar surface area (TPSA) is 72.4 Å². The second-order valence-corrected chi connectivity index (χ2v) is 7.13. The number of amides is 1. The van der Waals surface area contributed by atoms with Gasteiger partial charge in [0.25, 0.3) is 5.91 Å². The van der Waals surface area contributed by atoms with Crippen LogP contribution in [0.4, 0.5) is 0 Å². The van der Waals surface area contributed by atoms with Crippen molar-refractivity contribution in [2.24, 2.45) is 0 Å². The number of nitrogens with zero attached hydrogens (tertiary/aromatic N) is 3. The van der Waals surface area contributed by atoms with Gasteiger partial charge in [-0.25, -0.2) is 0 Å². The summed E-state index contributed by atoms with van der Waals surface area (Å²) in [6.07, 6.45) is 2.58. The van der Waals surface area contributed by atoms with Gasteiger partial charge in [-0.05, 0) is 44.0 Å². The van der Waals surface area contributed by atoms with Crippen LogP contribution in [0.3, 0.4) is 0 Å².